The Bertz CT molecular complexity index is 826. The number of rotatable bonds is 6. The van der Waals surface area contributed by atoms with E-state index in [1.165, 1.54) is 18.1 Å². The Morgan fingerprint density at radius 2 is 2.00 bits per heavy atom. The summed E-state index contributed by atoms with van der Waals surface area (Å²) in [5, 5.41) is 9.11. The third-order valence-electron chi connectivity index (χ3n) is 5.71. The second kappa shape index (κ2) is 7.14. The Morgan fingerprint density at radius 3 is 2.56 bits per heavy atom. The number of carbonyl (C=O) groups is 1. The molecule has 3 rings (SSSR count). The molecule has 0 spiro atoms. The van der Waals surface area contributed by atoms with E-state index < -0.39 is 11.8 Å². The van der Waals surface area contributed by atoms with Crippen LogP contribution in [0.1, 0.15) is 70.6 Å². The van der Waals surface area contributed by atoms with E-state index >= 15 is 0 Å². The van der Waals surface area contributed by atoms with Crippen LogP contribution in [0.15, 0.2) is 24.0 Å². The summed E-state index contributed by atoms with van der Waals surface area (Å²) in [7, 11) is 0. The summed E-state index contributed by atoms with van der Waals surface area (Å²) in [5.41, 5.74) is 4.09. The van der Waals surface area contributed by atoms with Crippen LogP contribution in [0.4, 0.5) is 4.39 Å². The van der Waals surface area contributed by atoms with Crippen LogP contribution in [0.5, 0.6) is 5.75 Å². The van der Waals surface area contributed by atoms with Crippen LogP contribution in [0, 0.1) is 11.8 Å². The monoisotopic (exact) mass is 372 g/mol. The van der Waals surface area contributed by atoms with E-state index in [1.54, 1.807) is 0 Å². The standard InChI is InChI=1S/C23H29FO3/c1-13(2)16-8-9-23(4,5)19-11-20(27-12-15-6-7-15)17(10-18(16)19)14(3)21(24)22(25)26/h8,10-11,13,15H,6-7,9,12H2,1-5H3,(H,25,26)/b21-14+. The number of hydrogen-bond donors (Lipinski definition) is 1. The quantitative estimate of drug-likeness (QED) is 0.625. The van der Waals surface area contributed by atoms with Crippen molar-refractivity contribution < 1.29 is 19.0 Å². The summed E-state index contributed by atoms with van der Waals surface area (Å²) < 4.78 is 20.3. The molecule has 2 aliphatic rings. The maximum atomic E-state index is 14.2. The molecule has 146 valence electrons. The molecule has 0 unspecified atom stereocenters. The van der Waals surface area contributed by atoms with Gasteiger partial charge in [0.1, 0.15) is 5.75 Å². The van der Waals surface area contributed by atoms with E-state index in [4.69, 9.17) is 9.84 Å². The molecule has 2 aliphatic carbocycles. The molecule has 0 atom stereocenters. The maximum Gasteiger partial charge on any atom is 0.365 e. The van der Waals surface area contributed by atoms with Crippen LogP contribution >= 0.6 is 0 Å². The second-order valence-electron chi connectivity index (χ2n) is 8.79. The first kappa shape index (κ1) is 19.7. The number of hydrogen-bond acceptors (Lipinski definition) is 2. The predicted octanol–water partition coefficient (Wildman–Crippen LogP) is 5.98. The fraction of sp³-hybridized carbons (Fsp3) is 0.522. The van der Waals surface area contributed by atoms with Gasteiger partial charge < -0.3 is 9.84 Å². The van der Waals surface area contributed by atoms with Crippen LogP contribution in [-0.2, 0) is 10.2 Å². The molecule has 0 heterocycles. The van der Waals surface area contributed by atoms with Crippen LogP contribution in [0.25, 0.3) is 11.1 Å². The smallest absolute Gasteiger partial charge is 0.365 e. The van der Waals surface area contributed by atoms with Gasteiger partial charge in [0.15, 0.2) is 0 Å². The molecule has 1 aromatic carbocycles. The second-order valence-corrected chi connectivity index (χ2v) is 8.79. The van der Waals surface area contributed by atoms with Gasteiger partial charge in [-0.1, -0.05) is 33.8 Å². The van der Waals surface area contributed by atoms with Gasteiger partial charge in [0.25, 0.3) is 0 Å². The Morgan fingerprint density at radius 1 is 1.33 bits per heavy atom. The first-order chi connectivity index (χ1) is 12.6. The SMILES string of the molecule is C/C(=C(\F)C(=O)O)c1cc2c(cc1OCC1CC1)C(C)(C)CC=C2C(C)C. The summed E-state index contributed by atoms with van der Waals surface area (Å²) in [4.78, 5) is 11.2. The number of carboxylic acids is 1. The highest BCUT2D eigenvalue weighted by Gasteiger charge is 2.32. The zero-order valence-corrected chi connectivity index (χ0v) is 16.9. The van der Waals surface area contributed by atoms with Crippen LogP contribution in [0.3, 0.4) is 0 Å². The normalized spacial score (nSPS) is 19.3. The highest BCUT2D eigenvalue weighted by Crippen LogP contribution is 2.45. The number of carboxylic acid groups (broad SMARTS) is 1. The van der Waals surface area contributed by atoms with Crippen molar-refractivity contribution in [1.82, 2.24) is 0 Å². The Labute approximate surface area is 160 Å². The van der Waals surface area contributed by atoms with Crippen molar-refractivity contribution in [3.63, 3.8) is 0 Å². The molecule has 1 N–H and O–H groups in total. The van der Waals surface area contributed by atoms with Gasteiger partial charge in [-0.3, -0.25) is 0 Å². The lowest BCUT2D eigenvalue weighted by atomic mass is 9.70. The predicted molar refractivity (Wildman–Crippen MR) is 106 cm³/mol. The molecular formula is C23H29FO3. The lowest BCUT2D eigenvalue weighted by molar-refractivity contribution is -0.134. The van der Waals surface area contributed by atoms with Gasteiger partial charge in [-0.2, -0.15) is 4.39 Å². The highest BCUT2D eigenvalue weighted by atomic mass is 19.1. The van der Waals surface area contributed by atoms with Crippen molar-refractivity contribution in [3.05, 3.63) is 40.7 Å². The van der Waals surface area contributed by atoms with E-state index in [1.807, 2.05) is 12.1 Å². The van der Waals surface area contributed by atoms with Crippen LogP contribution < -0.4 is 4.74 Å². The van der Waals surface area contributed by atoms with Gasteiger partial charge in [-0.25, -0.2) is 4.79 Å². The van der Waals surface area contributed by atoms with Gasteiger partial charge in [-0.05, 0) is 72.3 Å². The van der Waals surface area contributed by atoms with E-state index in [0.29, 0.717) is 29.8 Å². The molecule has 0 saturated heterocycles. The summed E-state index contributed by atoms with van der Waals surface area (Å²) in [6.07, 6.45) is 5.51. The maximum absolute atomic E-state index is 14.2. The lowest BCUT2D eigenvalue weighted by Gasteiger charge is -2.34. The summed E-state index contributed by atoms with van der Waals surface area (Å²) in [6, 6.07) is 3.95. The number of aliphatic carboxylic acids is 1. The summed E-state index contributed by atoms with van der Waals surface area (Å²) >= 11 is 0. The topological polar surface area (TPSA) is 46.5 Å². The minimum Gasteiger partial charge on any atom is -0.493 e. The Hall–Kier alpha value is -2.10. The molecular weight excluding hydrogens is 343 g/mol. The first-order valence-electron chi connectivity index (χ1n) is 9.73. The number of halogens is 1. The molecule has 27 heavy (non-hydrogen) atoms. The van der Waals surface area contributed by atoms with Crippen LogP contribution in [-0.4, -0.2) is 17.7 Å². The van der Waals surface area contributed by atoms with Gasteiger partial charge in [-0.15, -0.1) is 0 Å². The zero-order valence-electron chi connectivity index (χ0n) is 16.9. The minimum absolute atomic E-state index is 0.0487. The molecule has 1 fully saturated rings. The molecule has 1 aromatic rings. The minimum atomic E-state index is -1.54. The van der Waals surface area contributed by atoms with Crippen molar-refractivity contribution in [2.75, 3.05) is 6.61 Å². The number of ether oxygens (including phenoxy) is 1. The van der Waals surface area contributed by atoms with Crippen molar-refractivity contribution in [3.8, 4) is 5.75 Å². The van der Waals surface area contributed by atoms with Crippen LogP contribution in [0.2, 0.25) is 0 Å². The summed E-state index contributed by atoms with van der Waals surface area (Å²) in [6.45, 7) is 10.8. The largest absolute Gasteiger partial charge is 0.493 e. The molecule has 0 amide bonds. The molecule has 0 bridgehead atoms. The fourth-order valence-electron chi connectivity index (χ4n) is 3.69. The Balaban J connectivity index is 2.18. The van der Waals surface area contributed by atoms with E-state index in [2.05, 4.69) is 33.8 Å². The van der Waals surface area contributed by atoms with Gasteiger partial charge in [0.05, 0.1) is 6.61 Å². The average molecular weight is 372 g/mol. The first-order valence-corrected chi connectivity index (χ1v) is 9.73. The molecule has 0 aliphatic heterocycles. The van der Waals surface area contributed by atoms with Gasteiger partial charge >= 0.3 is 5.97 Å². The van der Waals surface area contributed by atoms with Gasteiger partial charge in [0.2, 0.25) is 5.83 Å². The highest BCUT2D eigenvalue weighted by molar-refractivity contribution is 5.95. The molecule has 0 radical (unpaired) electrons. The third-order valence-corrected chi connectivity index (χ3v) is 5.71. The van der Waals surface area contributed by atoms with E-state index in [9.17, 15) is 9.18 Å². The molecule has 3 nitrogen and oxygen atoms in total. The number of benzene rings is 1. The van der Waals surface area contributed by atoms with Crippen molar-refractivity contribution in [1.29, 1.82) is 0 Å². The Kier molecular flexibility index (Phi) is 5.20. The zero-order chi connectivity index (χ0) is 19.9. The van der Waals surface area contributed by atoms with Crippen molar-refractivity contribution >= 4 is 17.1 Å². The van der Waals surface area contributed by atoms with E-state index in [0.717, 1.165) is 24.8 Å². The van der Waals surface area contributed by atoms with Gasteiger partial charge in [0, 0.05) is 11.1 Å². The lowest BCUT2D eigenvalue weighted by Crippen LogP contribution is -2.23. The average Bonchev–Trinajstić information content (AvgIpc) is 3.42. The number of allylic oxidation sites excluding steroid dienone is 3. The fourth-order valence-corrected chi connectivity index (χ4v) is 3.69. The molecule has 4 heteroatoms. The van der Waals surface area contributed by atoms with Crippen molar-refractivity contribution in [2.24, 2.45) is 11.8 Å². The number of fused-ring (bicyclic) bond motifs is 1. The summed E-state index contributed by atoms with van der Waals surface area (Å²) in [5.74, 6) is -1.19. The molecule has 1 saturated carbocycles. The molecule has 0 aromatic heterocycles. The third kappa shape index (κ3) is 3.95. The van der Waals surface area contributed by atoms with E-state index in [-0.39, 0.29) is 11.0 Å². The van der Waals surface area contributed by atoms with Crippen molar-refractivity contribution in [2.45, 2.75) is 59.3 Å².